The van der Waals surface area contributed by atoms with Crippen molar-refractivity contribution in [2.45, 2.75) is 25.6 Å². The van der Waals surface area contributed by atoms with Crippen molar-refractivity contribution in [2.75, 3.05) is 26.2 Å². The highest BCUT2D eigenvalue weighted by molar-refractivity contribution is 6.30. The minimum atomic E-state index is -0.393. The van der Waals surface area contributed by atoms with Crippen molar-refractivity contribution < 1.29 is 9.84 Å². The van der Waals surface area contributed by atoms with E-state index in [4.69, 9.17) is 16.3 Å². The third-order valence-electron chi connectivity index (χ3n) is 3.16. The third kappa shape index (κ3) is 4.58. The zero-order valence-corrected chi connectivity index (χ0v) is 11.3. The number of β-amino-alcohol motifs (C(OH)–C–C–N with tert-alkyl or cyclic N) is 1. The van der Waals surface area contributed by atoms with Crippen LogP contribution < -0.4 is 0 Å². The molecule has 0 aliphatic carbocycles. The maximum absolute atomic E-state index is 9.84. The molecule has 0 bridgehead atoms. The number of aliphatic hydroxyl groups is 1. The topological polar surface area (TPSA) is 32.7 Å². The van der Waals surface area contributed by atoms with Gasteiger partial charge in [0.05, 0.1) is 19.3 Å². The van der Waals surface area contributed by atoms with Gasteiger partial charge in [-0.05, 0) is 43.6 Å². The van der Waals surface area contributed by atoms with Gasteiger partial charge in [-0.3, -0.25) is 0 Å². The van der Waals surface area contributed by atoms with E-state index in [1.165, 1.54) is 12.8 Å². The normalized spacial score (nSPS) is 18.1. The van der Waals surface area contributed by atoms with Gasteiger partial charge >= 0.3 is 0 Å². The van der Waals surface area contributed by atoms with E-state index in [0.717, 1.165) is 30.2 Å². The van der Waals surface area contributed by atoms with Crippen molar-refractivity contribution in [1.82, 2.24) is 4.90 Å². The molecule has 0 aromatic heterocycles. The van der Waals surface area contributed by atoms with Gasteiger partial charge < -0.3 is 14.7 Å². The first kappa shape index (κ1) is 13.8. The van der Waals surface area contributed by atoms with Crippen LogP contribution in [-0.4, -0.2) is 42.4 Å². The van der Waals surface area contributed by atoms with E-state index in [2.05, 4.69) is 4.90 Å². The van der Waals surface area contributed by atoms with E-state index in [1.807, 2.05) is 24.3 Å². The molecule has 0 saturated carbocycles. The second-order valence-corrected chi connectivity index (χ2v) is 5.24. The Morgan fingerprint density at radius 1 is 1.22 bits per heavy atom. The molecule has 0 radical (unpaired) electrons. The molecular formula is C14H20ClNO2. The second-order valence-electron chi connectivity index (χ2n) is 4.80. The molecule has 4 heteroatoms. The monoisotopic (exact) mass is 269 g/mol. The number of nitrogens with zero attached hydrogens (tertiary/aromatic N) is 1. The zero-order valence-electron chi connectivity index (χ0n) is 10.5. The number of ether oxygens (including phenoxy) is 1. The smallest absolute Gasteiger partial charge is 0.0900 e. The Bertz CT molecular complexity index is 349. The van der Waals surface area contributed by atoms with E-state index in [0.29, 0.717) is 13.2 Å². The summed E-state index contributed by atoms with van der Waals surface area (Å²) in [5.41, 5.74) is 1.08. The van der Waals surface area contributed by atoms with Gasteiger partial charge in [0, 0.05) is 11.6 Å². The van der Waals surface area contributed by atoms with Crippen molar-refractivity contribution in [3.05, 3.63) is 34.9 Å². The molecule has 1 N–H and O–H groups in total. The Labute approximate surface area is 113 Å². The predicted octanol–water partition coefficient (Wildman–Crippen LogP) is 2.31. The average molecular weight is 270 g/mol. The maximum atomic E-state index is 9.84. The first-order chi connectivity index (χ1) is 8.74. The largest absolute Gasteiger partial charge is 0.389 e. The summed E-state index contributed by atoms with van der Waals surface area (Å²) < 4.78 is 5.51. The summed E-state index contributed by atoms with van der Waals surface area (Å²) in [6.07, 6.45) is 2.10. The molecule has 1 saturated heterocycles. The first-order valence-electron chi connectivity index (χ1n) is 6.46. The molecule has 100 valence electrons. The van der Waals surface area contributed by atoms with Crippen LogP contribution in [0.4, 0.5) is 0 Å². The number of hydrogen-bond donors (Lipinski definition) is 1. The lowest BCUT2D eigenvalue weighted by atomic mass is 10.2. The van der Waals surface area contributed by atoms with Gasteiger partial charge in [0.2, 0.25) is 0 Å². The standard InChI is InChI=1S/C14H20ClNO2/c15-13-5-3-12(4-6-13)10-18-11-14(17)9-16-7-1-2-8-16/h3-6,14,17H,1-2,7-11H2. The lowest BCUT2D eigenvalue weighted by Crippen LogP contribution is -2.32. The average Bonchev–Trinajstić information content (AvgIpc) is 2.84. The van der Waals surface area contributed by atoms with Gasteiger partial charge in [-0.1, -0.05) is 23.7 Å². The fraction of sp³-hybridized carbons (Fsp3) is 0.571. The van der Waals surface area contributed by atoms with Crippen LogP contribution in [0.2, 0.25) is 5.02 Å². The van der Waals surface area contributed by atoms with Crippen molar-refractivity contribution in [1.29, 1.82) is 0 Å². The number of halogens is 1. The minimum absolute atomic E-state index is 0.388. The molecule has 0 spiro atoms. The number of rotatable bonds is 6. The maximum Gasteiger partial charge on any atom is 0.0900 e. The van der Waals surface area contributed by atoms with Gasteiger partial charge in [0.1, 0.15) is 0 Å². The van der Waals surface area contributed by atoms with Crippen LogP contribution in [0.5, 0.6) is 0 Å². The van der Waals surface area contributed by atoms with Crippen LogP contribution in [-0.2, 0) is 11.3 Å². The second kappa shape index (κ2) is 7.10. The number of likely N-dealkylation sites (tertiary alicyclic amines) is 1. The van der Waals surface area contributed by atoms with Gasteiger partial charge in [0.25, 0.3) is 0 Å². The van der Waals surface area contributed by atoms with Crippen LogP contribution in [0.15, 0.2) is 24.3 Å². The molecule has 1 aromatic rings. The molecule has 1 atom stereocenters. The summed E-state index contributed by atoms with van der Waals surface area (Å²) in [5, 5.41) is 10.6. The van der Waals surface area contributed by atoms with Crippen LogP contribution in [0.1, 0.15) is 18.4 Å². The Kier molecular flexibility index (Phi) is 5.45. The van der Waals surface area contributed by atoms with E-state index < -0.39 is 6.10 Å². The number of hydrogen-bond acceptors (Lipinski definition) is 3. The minimum Gasteiger partial charge on any atom is -0.389 e. The molecule has 18 heavy (non-hydrogen) atoms. The van der Waals surface area contributed by atoms with Gasteiger partial charge in [-0.15, -0.1) is 0 Å². The van der Waals surface area contributed by atoms with E-state index in [9.17, 15) is 5.11 Å². The summed E-state index contributed by atoms with van der Waals surface area (Å²) >= 11 is 5.80. The fourth-order valence-electron chi connectivity index (χ4n) is 2.21. The highest BCUT2D eigenvalue weighted by atomic mass is 35.5. The van der Waals surface area contributed by atoms with Crippen LogP contribution in [0, 0.1) is 0 Å². The van der Waals surface area contributed by atoms with Crippen molar-refractivity contribution in [3.63, 3.8) is 0 Å². The lowest BCUT2D eigenvalue weighted by Gasteiger charge is -2.19. The van der Waals surface area contributed by atoms with Gasteiger partial charge in [-0.2, -0.15) is 0 Å². The van der Waals surface area contributed by atoms with Gasteiger partial charge in [0.15, 0.2) is 0 Å². The van der Waals surface area contributed by atoms with Gasteiger partial charge in [-0.25, -0.2) is 0 Å². The molecular weight excluding hydrogens is 250 g/mol. The van der Waals surface area contributed by atoms with Crippen LogP contribution in [0.25, 0.3) is 0 Å². The molecule has 1 heterocycles. The highest BCUT2D eigenvalue weighted by Crippen LogP contribution is 2.11. The molecule has 1 aliphatic rings. The summed E-state index contributed by atoms with van der Waals surface area (Å²) in [5.74, 6) is 0. The van der Waals surface area contributed by atoms with Crippen molar-refractivity contribution >= 4 is 11.6 Å². The van der Waals surface area contributed by atoms with Crippen molar-refractivity contribution in [3.8, 4) is 0 Å². The Balaban J connectivity index is 1.63. The molecule has 1 fully saturated rings. The Hall–Kier alpha value is -0.610. The predicted molar refractivity (Wildman–Crippen MR) is 72.8 cm³/mol. The molecule has 1 aliphatic heterocycles. The zero-order chi connectivity index (χ0) is 12.8. The van der Waals surface area contributed by atoms with E-state index in [-0.39, 0.29) is 0 Å². The third-order valence-corrected chi connectivity index (χ3v) is 3.41. The lowest BCUT2D eigenvalue weighted by molar-refractivity contribution is 0.0134. The molecule has 3 nitrogen and oxygen atoms in total. The number of aliphatic hydroxyl groups excluding tert-OH is 1. The van der Waals surface area contributed by atoms with E-state index >= 15 is 0 Å². The molecule has 1 aromatic carbocycles. The fourth-order valence-corrected chi connectivity index (χ4v) is 2.34. The summed E-state index contributed by atoms with van der Waals surface area (Å²) in [6, 6.07) is 7.58. The molecule has 0 amide bonds. The van der Waals surface area contributed by atoms with E-state index in [1.54, 1.807) is 0 Å². The van der Waals surface area contributed by atoms with Crippen molar-refractivity contribution in [2.24, 2.45) is 0 Å². The first-order valence-corrected chi connectivity index (χ1v) is 6.84. The summed E-state index contributed by atoms with van der Waals surface area (Å²) in [4.78, 5) is 2.29. The molecule has 1 unspecified atom stereocenters. The number of benzene rings is 1. The Morgan fingerprint density at radius 2 is 1.89 bits per heavy atom. The van der Waals surface area contributed by atoms with Crippen LogP contribution in [0.3, 0.4) is 0 Å². The SMILES string of the molecule is OC(COCc1ccc(Cl)cc1)CN1CCCC1. The highest BCUT2D eigenvalue weighted by Gasteiger charge is 2.15. The summed E-state index contributed by atoms with van der Waals surface area (Å²) in [7, 11) is 0. The Morgan fingerprint density at radius 3 is 2.56 bits per heavy atom. The summed E-state index contributed by atoms with van der Waals surface area (Å²) in [6.45, 7) is 3.84. The quantitative estimate of drug-likeness (QED) is 0.860. The molecule has 2 rings (SSSR count). The van der Waals surface area contributed by atoms with Crippen LogP contribution >= 0.6 is 11.6 Å².